The maximum absolute atomic E-state index is 10.8. The minimum Gasteiger partial charge on any atom is -0.455 e. The van der Waals surface area contributed by atoms with Crippen molar-refractivity contribution in [1.29, 1.82) is 0 Å². The quantitative estimate of drug-likeness (QED) is 0.261. The maximum atomic E-state index is 10.8. The minimum atomic E-state index is -0.497. The van der Waals surface area contributed by atoms with Crippen LogP contribution in [0.5, 0.6) is 11.5 Å². The van der Waals surface area contributed by atoms with E-state index in [0.717, 1.165) is 0 Å². The van der Waals surface area contributed by atoms with Crippen LogP contribution in [0, 0.1) is 10.1 Å². The Balaban J connectivity index is 2.40. The Hall–Kier alpha value is -1.01. The molecule has 0 saturated heterocycles. The molecule has 2 rings (SSSR count). The first-order valence-corrected chi connectivity index (χ1v) is 7.66. The maximum Gasteiger partial charge on any atom is 0.270 e. The van der Waals surface area contributed by atoms with Crippen molar-refractivity contribution in [2.45, 2.75) is 5.88 Å². The first kappa shape index (κ1) is 16.4. The van der Waals surface area contributed by atoms with Crippen LogP contribution in [0.1, 0.15) is 5.56 Å². The van der Waals surface area contributed by atoms with Crippen LogP contribution in [0.25, 0.3) is 0 Å². The van der Waals surface area contributed by atoms with E-state index < -0.39 is 4.92 Å². The van der Waals surface area contributed by atoms with Gasteiger partial charge in [-0.3, -0.25) is 10.1 Å². The lowest BCUT2D eigenvalue weighted by Crippen LogP contribution is -1.94. The summed E-state index contributed by atoms with van der Waals surface area (Å²) in [5.74, 6) is 0.791. The molecule has 0 spiro atoms. The lowest BCUT2D eigenvalue weighted by Gasteiger charge is -2.11. The van der Waals surface area contributed by atoms with E-state index in [1.54, 1.807) is 12.1 Å². The molecule has 21 heavy (non-hydrogen) atoms. The molecule has 8 heteroatoms. The van der Waals surface area contributed by atoms with Crippen molar-refractivity contribution in [2.75, 3.05) is 0 Å². The van der Waals surface area contributed by atoms with Crippen molar-refractivity contribution in [3.8, 4) is 11.5 Å². The Morgan fingerprint density at radius 2 is 1.86 bits per heavy atom. The van der Waals surface area contributed by atoms with Crippen LogP contribution in [0.2, 0.25) is 10.0 Å². The molecule has 0 N–H and O–H groups in total. The van der Waals surface area contributed by atoms with Gasteiger partial charge >= 0.3 is 0 Å². The van der Waals surface area contributed by atoms with Gasteiger partial charge in [-0.1, -0.05) is 23.2 Å². The average molecular weight is 411 g/mol. The van der Waals surface area contributed by atoms with E-state index >= 15 is 0 Å². The molecule has 0 aliphatic carbocycles. The summed E-state index contributed by atoms with van der Waals surface area (Å²) in [5.41, 5.74) is 0.430. The van der Waals surface area contributed by atoms with Gasteiger partial charge in [-0.2, -0.15) is 0 Å². The number of nitro benzene ring substituents is 1. The number of nitro groups is 1. The second-order valence-electron chi connectivity index (χ2n) is 3.98. The van der Waals surface area contributed by atoms with E-state index in [2.05, 4.69) is 15.9 Å². The summed E-state index contributed by atoms with van der Waals surface area (Å²) in [6, 6.07) is 7.32. The summed E-state index contributed by atoms with van der Waals surface area (Å²) in [6.45, 7) is 0. The van der Waals surface area contributed by atoms with E-state index in [9.17, 15) is 10.1 Å². The lowest BCUT2D eigenvalue weighted by atomic mass is 10.2. The summed E-state index contributed by atoms with van der Waals surface area (Å²) in [5, 5.41) is 11.5. The number of benzene rings is 2. The van der Waals surface area contributed by atoms with Gasteiger partial charge in [-0.05, 0) is 28.1 Å². The largest absolute Gasteiger partial charge is 0.455 e. The van der Waals surface area contributed by atoms with Gasteiger partial charge in [0.15, 0.2) is 0 Å². The molecule has 0 fully saturated rings. The SMILES string of the molecule is O=[N+]([O-])c1ccc(Oc2cc(Cl)c(Br)cc2Cl)c(CCl)c1. The fourth-order valence-electron chi connectivity index (χ4n) is 1.58. The van der Waals surface area contributed by atoms with Crippen molar-refractivity contribution < 1.29 is 9.66 Å². The van der Waals surface area contributed by atoms with Crippen LogP contribution in [-0.2, 0) is 5.88 Å². The molecule has 4 nitrogen and oxygen atoms in total. The highest BCUT2D eigenvalue weighted by Crippen LogP contribution is 2.38. The molecule has 0 aromatic heterocycles. The molecule has 0 amide bonds. The number of alkyl halides is 1. The number of nitrogens with zero attached hydrogens (tertiary/aromatic N) is 1. The van der Waals surface area contributed by atoms with Crippen molar-refractivity contribution in [3.05, 3.63) is 60.5 Å². The predicted octanol–water partition coefficient (Wildman–Crippen LogP) is 6.20. The second-order valence-corrected chi connectivity index (χ2v) is 5.92. The van der Waals surface area contributed by atoms with E-state index in [0.29, 0.717) is 31.6 Å². The van der Waals surface area contributed by atoms with Crippen molar-refractivity contribution in [1.82, 2.24) is 0 Å². The predicted molar refractivity (Wildman–Crippen MR) is 86.9 cm³/mol. The molecule has 0 unspecified atom stereocenters. The number of hydrogen-bond donors (Lipinski definition) is 0. The highest BCUT2D eigenvalue weighted by Gasteiger charge is 2.14. The summed E-state index contributed by atoms with van der Waals surface area (Å²) >= 11 is 21.1. The Morgan fingerprint density at radius 1 is 1.14 bits per heavy atom. The number of hydrogen-bond acceptors (Lipinski definition) is 3. The van der Waals surface area contributed by atoms with Crippen LogP contribution >= 0.6 is 50.7 Å². The van der Waals surface area contributed by atoms with Gasteiger partial charge in [-0.15, -0.1) is 11.6 Å². The molecule has 0 bridgehead atoms. The normalized spacial score (nSPS) is 10.5. The third-order valence-corrected chi connectivity index (χ3v) is 4.37. The average Bonchev–Trinajstić information content (AvgIpc) is 2.44. The Kier molecular flexibility index (Phi) is 5.32. The monoisotopic (exact) mass is 409 g/mol. The third kappa shape index (κ3) is 3.80. The molecular formula is C13H7BrCl3NO3. The Labute approximate surface area is 143 Å². The van der Waals surface area contributed by atoms with Crippen LogP contribution in [0.4, 0.5) is 5.69 Å². The molecule has 2 aromatic rings. The van der Waals surface area contributed by atoms with Crippen LogP contribution in [-0.4, -0.2) is 4.92 Å². The summed E-state index contributed by atoms with van der Waals surface area (Å²) in [6.07, 6.45) is 0. The highest BCUT2D eigenvalue weighted by molar-refractivity contribution is 9.10. The molecule has 0 radical (unpaired) electrons. The highest BCUT2D eigenvalue weighted by atomic mass is 79.9. The van der Waals surface area contributed by atoms with Crippen molar-refractivity contribution >= 4 is 56.4 Å². The zero-order valence-electron chi connectivity index (χ0n) is 10.3. The molecule has 0 heterocycles. The van der Waals surface area contributed by atoms with Gasteiger partial charge in [-0.25, -0.2) is 0 Å². The fraction of sp³-hybridized carbons (Fsp3) is 0.0769. The van der Waals surface area contributed by atoms with Gasteiger partial charge in [0.25, 0.3) is 5.69 Å². The van der Waals surface area contributed by atoms with E-state index in [1.165, 1.54) is 18.2 Å². The van der Waals surface area contributed by atoms with Gasteiger partial charge in [0.2, 0.25) is 0 Å². The Bertz CT molecular complexity index is 709. The number of non-ortho nitro benzene ring substituents is 1. The van der Waals surface area contributed by atoms with E-state index in [1.807, 2.05) is 0 Å². The smallest absolute Gasteiger partial charge is 0.270 e. The lowest BCUT2D eigenvalue weighted by molar-refractivity contribution is -0.384. The summed E-state index contributed by atoms with van der Waals surface area (Å²) < 4.78 is 6.30. The molecule has 110 valence electrons. The standard InChI is InChI=1S/C13H7BrCl3NO3/c14-9-4-11(17)13(5-10(9)16)21-12-2-1-8(18(19)20)3-7(12)6-15/h1-5H,6H2. The van der Waals surface area contributed by atoms with E-state index in [-0.39, 0.29) is 11.6 Å². The molecule has 0 aliphatic heterocycles. The zero-order valence-corrected chi connectivity index (χ0v) is 14.1. The molecule has 2 aromatic carbocycles. The second kappa shape index (κ2) is 6.83. The molecular weight excluding hydrogens is 404 g/mol. The molecule has 0 aliphatic rings. The Morgan fingerprint density at radius 3 is 2.48 bits per heavy atom. The number of halogens is 4. The first-order valence-electron chi connectivity index (χ1n) is 5.58. The summed E-state index contributed by atoms with van der Waals surface area (Å²) in [7, 11) is 0. The fourth-order valence-corrected chi connectivity index (χ4v) is 2.62. The van der Waals surface area contributed by atoms with Crippen LogP contribution in [0.15, 0.2) is 34.8 Å². The van der Waals surface area contributed by atoms with Gasteiger partial charge in [0, 0.05) is 28.2 Å². The first-order chi connectivity index (χ1) is 9.92. The minimum absolute atomic E-state index is 0.0575. The topological polar surface area (TPSA) is 52.4 Å². The van der Waals surface area contributed by atoms with Gasteiger partial charge < -0.3 is 4.74 Å². The van der Waals surface area contributed by atoms with Crippen molar-refractivity contribution in [2.24, 2.45) is 0 Å². The molecule has 0 atom stereocenters. The van der Waals surface area contributed by atoms with Gasteiger partial charge in [0.1, 0.15) is 11.5 Å². The number of ether oxygens (including phenoxy) is 1. The van der Waals surface area contributed by atoms with Gasteiger partial charge in [0.05, 0.1) is 20.8 Å². The van der Waals surface area contributed by atoms with Crippen LogP contribution < -0.4 is 4.74 Å². The third-order valence-electron chi connectivity index (χ3n) is 2.59. The summed E-state index contributed by atoms with van der Waals surface area (Å²) in [4.78, 5) is 10.3. The van der Waals surface area contributed by atoms with Crippen LogP contribution in [0.3, 0.4) is 0 Å². The molecule has 0 saturated carbocycles. The zero-order chi connectivity index (χ0) is 15.6. The number of rotatable bonds is 4. The van der Waals surface area contributed by atoms with Crippen molar-refractivity contribution in [3.63, 3.8) is 0 Å². The van der Waals surface area contributed by atoms with E-state index in [4.69, 9.17) is 39.5 Å².